The van der Waals surface area contributed by atoms with Crippen LogP contribution in [0.15, 0.2) is 18.2 Å². The minimum atomic E-state index is 1.03. The summed E-state index contributed by atoms with van der Waals surface area (Å²) in [6.45, 7) is 2.18. The van der Waals surface area contributed by atoms with E-state index in [1.165, 1.54) is 28.2 Å². The molecule has 0 aliphatic rings. The quantitative estimate of drug-likeness (QED) is 0.706. The van der Waals surface area contributed by atoms with Gasteiger partial charge in [0.05, 0.1) is 4.70 Å². The maximum Gasteiger partial charge on any atom is 0.106 e. The summed E-state index contributed by atoms with van der Waals surface area (Å²) >= 11 is 1.45. The predicted molar refractivity (Wildman–Crippen MR) is 51.4 cm³/mol. The monoisotopic (exact) mass is 178 g/mol. The summed E-state index contributed by atoms with van der Waals surface area (Å²) in [5.41, 5.74) is 2.39. The third-order valence-electron chi connectivity index (χ3n) is 1.85. The van der Waals surface area contributed by atoms with E-state index in [0.29, 0.717) is 0 Å². The molecule has 0 saturated heterocycles. The van der Waals surface area contributed by atoms with Crippen LogP contribution in [-0.2, 0) is 6.42 Å². The highest BCUT2D eigenvalue weighted by atomic mass is 32.1. The van der Waals surface area contributed by atoms with Crippen LogP contribution in [0.2, 0.25) is 0 Å². The van der Waals surface area contributed by atoms with Gasteiger partial charge in [0.2, 0.25) is 0 Å². The number of nitrogens with zero attached hydrogens (tertiary/aromatic N) is 2. The number of aromatic nitrogens is 2. The highest BCUT2D eigenvalue weighted by molar-refractivity contribution is 7.12. The number of hydrogen-bond donors (Lipinski definition) is 0. The van der Waals surface area contributed by atoms with Crippen molar-refractivity contribution in [3.05, 3.63) is 23.8 Å². The van der Waals surface area contributed by atoms with Crippen LogP contribution in [-0.4, -0.2) is 9.59 Å². The van der Waals surface area contributed by atoms with E-state index < -0.39 is 0 Å². The van der Waals surface area contributed by atoms with Crippen LogP contribution in [0.4, 0.5) is 0 Å². The van der Waals surface area contributed by atoms with Gasteiger partial charge < -0.3 is 0 Å². The molecule has 0 aliphatic carbocycles. The van der Waals surface area contributed by atoms with E-state index in [0.717, 1.165) is 11.9 Å². The minimum absolute atomic E-state index is 1.03. The second-order valence-electron chi connectivity index (χ2n) is 2.83. The summed E-state index contributed by atoms with van der Waals surface area (Å²) in [4.78, 5) is 0. The zero-order valence-electron chi connectivity index (χ0n) is 6.95. The predicted octanol–water partition coefficient (Wildman–Crippen LogP) is 2.64. The van der Waals surface area contributed by atoms with Gasteiger partial charge in [0.25, 0.3) is 0 Å². The van der Waals surface area contributed by atoms with Gasteiger partial charge >= 0.3 is 0 Å². The van der Waals surface area contributed by atoms with Crippen molar-refractivity contribution in [2.75, 3.05) is 0 Å². The normalized spacial score (nSPS) is 10.8. The van der Waals surface area contributed by atoms with Crippen LogP contribution in [0.25, 0.3) is 10.2 Å². The molecule has 2 rings (SSSR count). The van der Waals surface area contributed by atoms with E-state index >= 15 is 0 Å². The van der Waals surface area contributed by atoms with Gasteiger partial charge in [0.1, 0.15) is 5.52 Å². The second kappa shape index (κ2) is 3.19. The van der Waals surface area contributed by atoms with E-state index in [4.69, 9.17) is 0 Å². The number of aryl methyl sites for hydroxylation is 1. The minimum Gasteiger partial charge on any atom is -0.138 e. The fraction of sp³-hybridized carbons (Fsp3) is 0.333. The van der Waals surface area contributed by atoms with Crippen LogP contribution in [0.1, 0.15) is 18.9 Å². The van der Waals surface area contributed by atoms with E-state index in [-0.39, 0.29) is 0 Å². The van der Waals surface area contributed by atoms with Gasteiger partial charge in [-0.1, -0.05) is 23.9 Å². The second-order valence-corrected chi connectivity index (χ2v) is 3.61. The molecule has 0 fully saturated rings. The molecule has 12 heavy (non-hydrogen) atoms. The molecule has 1 aromatic carbocycles. The van der Waals surface area contributed by atoms with Gasteiger partial charge in [-0.3, -0.25) is 0 Å². The lowest BCUT2D eigenvalue weighted by Gasteiger charge is -1.95. The molecular formula is C9H10N2S. The van der Waals surface area contributed by atoms with Crippen molar-refractivity contribution in [1.82, 2.24) is 9.59 Å². The van der Waals surface area contributed by atoms with Gasteiger partial charge in [0.15, 0.2) is 0 Å². The van der Waals surface area contributed by atoms with Crippen molar-refractivity contribution in [2.45, 2.75) is 19.8 Å². The lowest BCUT2D eigenvalue weighted by atomic mass is 10.1. The number of rotatable bonds is 2. The van der Waals surface area contributed by atoms with Crippen LogP contribution in [0, 0.1) is 0 Å². The lowest BCUT2D eigenvalue weighted by molar-refractivity contribution is 0.923. The molecule has 0 unspecified atom stereocenters. The molecule has 0 spiro atoms. The number of benzene rings is 1. The van der Waals surface area contributed by atoms with Gasteiger partial charge in [-0.05, 0) is 35.6 Å². The summed E-state index contributed by atoms with van der Waals surface area (Å²) in [6.07, 6.45) is 2.32. The van der Waals surface area contributed by atoms with Crippen LogP contribution >= 0.6 is 11.5 Å². The van der Waals surface area contributed by atoms with E-state index in [9.17, 15) is 0 Å². The Bertz CT molecular complexity index is 381. The molecule has 3 heteroatoms. The third-order valence-corrected chi connectivity index (χ3v) is 2.55. The van der Waals surface area contributed by atoms with Crippen LogP contribution in [0.3, 0.4) is 0 Å². The van der Waals surface area contributed by atoms with Crippen LogP contribution < -0.4 is 0 Å². The summed E-state index contributed by atoms with van der Waals surface area (Å²) in [5, 5.41) is 4.03. The molecule has 0 bridgehead atoms. The van der Waals surface area contributed by atoms with Crippen molar-refractivity contribution in [2.24, 2.45) is 0 Å². The molecule has 0 aliphatic heterocycles. The molecule has 0 atom stereocenters. The first-order chi connectivity index (χ1) is 5.90. The topological polar surface area (TPSA) is 25.8 Å². The first-order valence-corrected chi connectivity index (χ1v) is 4.88. The maximum atomic E-state index is 4.03. The van der Waals surface area contributed by atoms with Gasteiger partial charge in [-0.15, -0.1) is 5.10 Å². The van der Waals surface area contributed by atoms with Gasteiger partial charge in [-0.25, -0.2) is 0 Å². The first-order valence-electron chi connectivity index (χ1n) is 4.11. The van der Waals surface area contributed by atoms with E-state index in [2.05, 4.69) is 34.7 Å². The molecule has 62 valence electrons. The molecule has 0 radical (unpaired) electrons. The van der Waals surface area contributed by atoms with Crippen molar-refractivity contribution < 1.29 is 0 Å². The summed E-state index contributed by atoms with van der Waals surface area (Å²) in [7, 11) is 0. The highest BCUT2D eigenvalue weighted by Gasteiger charge is 1.98. The SMILES string of the molecule is CCCc1ccc2snnc2c1. The number of hydrogen-bond acceptors (Lipinski definition) is 3. The highest BCUT2D eigenvalue weighted by Crippen LogP contribution is 2.17. The molecule has 2 aromatic rings. The van der Waals surface area contributed by atoms with Crippen molar-refractivity contribution in [3.63, 3.8) is 0 Å². The fourth-order valence-corrected chi connectivity index (χ4v) is 1.81. The van der Waals surface area contributed by atoms with Gasteiger partial charge in [-0.2, -0.15) is 0 Å². The molecule has 1 aromatic heterocycles. The zero-order valence-corrected chi connectivity index (χ0v) is 7.77. The molecule has 0 amide bonds. The Morgan fingerprint density at radius 2 is 2.33 bits per heavy atom. The molecule has 0 N–H and O–H groups in total. The Morgan fingerprint density at radius 3 is 3.17 bits per heavy atom. The molecule has 1 heterocycles. The molecular weight excluding hydrogens is 168 g/mol. The Morgan fingerprint density at radius 1 is 1.42 bits per heavy atom. The Kier molecular flexibility index (Phi) is 2.04. The van der Waals surface area contributed by atoms with Crippen molar-refractivity contribution in [1.29, 1.82) is 0 Å². The smallest absolute Gasteiger partial charge is 0.106 e. The fourth-order valence-electron chi connectivity index (χ4n) is 1.27. The molecule has 2 nitrogen and oxygen atoms in total. The van der Waals surface area contributed by atoms with Crippen LogP contribution in [0.5, 0.6) is 0 Å². The average molecular weight is 178 g/mol. The number of fused-ring (bicyclic) bond motifs is 1. The molecule has 0 saturated carbocycles. The van der Waals surface area contributed by atoms with Crippen molar-refractivity contribution in [3.8, 4) is 0 Å². The Hall–Kier alpha value is -0.960. The summed E-state index contributed by atoms with van der Waals surface area (Å²) in [6, 6.07) is 6.39. The zero-order chi connectivity index (χ0) is 8.39. The summed E-state index contributed by atoms with van der Waals surface area (Å²) in [5.74, 6) is 0. The van der Waals surface area contributed by atoms with E-state index in [1.54, 1.807) is 0 Å². The Balaban J connectivity index is 2.46. The summed E-state index contributed by atoms with van der Waals surface area (Å²) < 4.78 is 5.07. The van der Waals surface area contributed by atoms with E-state index in [1.807, 2.05) is 0 Å². The third kappa shape index (κ3) is 1.32. The largest absolute Gasteiger partial charge is 0.138 e. The Labute approximate surface area is 75.4 Å². The lowest BCUT2D eigenvalue weighted by Crippen LogP contribution is -1.81. The van der Waals surface area contributed by atoms with Gasteiger partial charge in [0, 0.05) is 0 Å². The first kappa shape index (κ1) is 7.68. The van der Waals surface area contributed by atoms with Crippen molar-refractivity contribution >= 4 is 21.7 Å². The maximum absolute atomic E-state index is 4.03. The standard InChI is InChI=1S/C9H10N2S/c1-2-3-7-4-5-9-8(6-7)10-11-12-9/h4-6H,2-3H2,1H3. The average Bonchev–Trinajstić information content (AvgIpc) is 2.51.